The molecule has 3 aromatic carbocycles. The molecule has 198 valence electrons. The molecule has 4 rings (SSSR count). The summed E-state index contributed by atoms with van der Waals surface area (Å²) in [5.41, 5.74) is 2.90. The van der Waals surface area contributed by atoms with Crippen molar-refractivity contribution in [2.75, 3.05) is 10.6 Å². The van der Waals surface area contributed by atoms with Gasteiger partial charge in [0.1, 0.15) is 10.7 Å². The predicted octanol–water partition coefficient (Wildman–Crippen LogP) is 5.68. The SMILES string of the molecule is Cc1nnc(NC(=O)C(C)Sc2ccc(NC(=O)/C(=C/c3ccccc3C)NC(=O)c3ccccc3)cc2)s1. The maximum atomic E-state index is 13.3. The van der Waals surface area contributed by atoms with Gasteiger partial charge in [0, 0.05) is 16.1 Å². The zero-order chi connectivity index (χ0) is 27.8. The lowest BCUT2D eigenvalue weighted by molar-refractivity contribution is -0.115. The van der Waals surface area contributed by atoms with Crippen molar-refractivity contribution in [1.82, 2.24) is 15.5 Å². The molecule has 0 saturated carbocycles. The van der Waals surface area contributed by atoms with Gasteiger partial charge in [0.2, 0.25) is 11.0 Å². The molecule has 3 amide bonds. The third-order valence-electron chi connectivity index (χ3n) is 5.57. The Morgan fingerprint density at radius 2 is 1.56 bits per heavy atom. The van der Waals surface area contributed by atoms with E-state index in [0.29, 0.717) is 16.4 Å². The largest absolute Gasteiger partial charge is 0.321 e. The summed E-state index contributed by atoms with van der Waals surface area (Å²) >= 11 is 2.70. The van der Waals surface area contributed by atoms with Crippen molar-refractivity contribution in [3.05, 3.63) is 106 Å². The number of rotatable bonds is 9. The van der Waals surface area contributed by atoms with Gasteiger partial charge < -0.3 is 10.6 Å². The minimum atomic E-state index is -0.456. The maximum Gasteiger partial charge on any atom is 0.272 e. The van der Waals surface area contributed by atoms with Crippen LogP contribution < -0.4 is 16.0 Å². The van der Waals surface area contributed by atoms with Gasteiger partial charge in [-0.15, -0.1) is 22.0 Å². The molecular formula is C29H27N5O3S2. The molecule has 39 heavy (non-hydrogen) atoms. The molecule has 0 saturated heterocycles. The molecule has 4 aromatic rings. The number of anilines is 2. The second kappa shape index (κ2) is 13.0. The number of aromatic nitrogens is 2. The van der Waals surface area contributed by atoms with Crippen LogP contribution in [0.1, 0.15) is 33.4 Å². The number of amides is 3. The smallest absolute Gasteiger partial charge is 0.272 e. The second-order valence-electron chi connectivity index (χ2n) is 8.59. The average molecular weight is 558 g/mol. The quantitative estimate of drug-likeness (QED) is 0.180. The van der Waals surface area contributed by atoms with Crippen LogP contribution in [0.25, 0.3) is 6.08 Å². The summed E-state index contributed by atoms with van der Waals surface area (Å²) < 4.78 is 0. The Kier molecular flexibility index (Phi) is 9.24. The van der Waals surface area contributed by atoms with Crippen molar-refractivity contribution < 1.29 is 14.4 Å². The standard InChI is InChI=1S/C29H27N5O3S2/c1-18-9-7-8-12-22(18)17-25(31-27(36)21-10-5-4-6-11-21)28(37)30-23-13-15-24(16-14-23)38-19(2)26(35)32-29-34-33-20(3)39-29/h4-17,19H,1-3H3,(H,30,37)(H,31,36)(H,32,34,35)/b25-17-. The highest BCUT2D eigenvalue weighted by Crippen LogP contribution is 2.26. The lowest BCUT2D eigenvalue weighted by Gasteiger charge is -2.13. The highest BCUT2D eigenvalue weighted by molar-refractivity contribution is 8.00. The van der Waals surface area contributed by atoms with Crippen LogP contribution >= 0.6 is 23.1 Å². The molecule has 1 heterocycles. The Hall–Kier alpha value is -4.28. The number of thioether (sulfide) groups is 1. The highest BCUT2D eigenvalue weighted by atomic mass is 32.2. The van der Waals surface area contributed by atoms with Crippen molar-refractivity contribution in [3.8, 4) is 0 Å². The first-order valence-electron chi connectivity index (χ1n) is 12.1. The van der Waals surface area contributed by atoms with E-state index in [1.54, 1.807) is 42.5 Å². The van der Waals surface area contributed by atoms with Gasteiger partial charge in [0.05, 0.1) is 5.25 Å². The van der Waals surface area contributed by atoms with Crippen LogP contribution in [0.4, 0.5) is 10.8 Å². The fourth-order valence-electron chi connectivity index (χ4n) is 3.47. The van der Waals surface area contributed by atoms with Gasteiger partial charge in [-0.05, 0) is 74.4 Å². The molecule has 0 spiro atoms. The van der Waals surface area contributed by atoms with Gasteiger partial charge >= 0.3 is 0 Å². The summed E-state index contributed by atoms with van der Waals surface area (Å²) in [7, 11) is 0. The van der Waals surface area contributed by atoms with Crippen molar-refractivity contribution in [2.45, 2.75) is 30.9 Å². The predicted molar refractivity (Wildman–Crippen MR) is 157 cm³/mol. The van der Waals surface area contributed by atoms with E-state index in [1.807, 2.05) is 63.2 Å². The summed E-state index contributed by atoms with van der Waals surface area (Å²) in [4.78, 5) is 39.4. The van der Waals surface area contributed by atoms with Crippen molar-refractivity contribution in [2.24, 2.45) is 0 Å². The van der Waals surface area contributed by atoms with E-state index in [0.717, 1.165) is 21.0 Å². The Bertz CT molecular complexity index is 1500. The van der Waals surface area contributed by atoms with Crippen LogP contribution in [0.3, 0.4) is 0 Å². The molecule has 1 aromatic heterocycles. The van der Waals surface area contributed by atoms with Crippen LogP contribution in [0.5, 0.6) is 0 Å². The number of nitrogens with zero attached hydrogens (tertiary/aromatic N) is 2. The van der Waals surface area contributed by atoms with Crippen LogP contribution in [0.15, 0.2) is 89.5 Å². The van der Waals surface area contributed by atoms with Gasteiger partial charge in [0.15, 0.2) is 0 Å². The molecule has 0 aliphatic rings. The Morgan fingerprint density at radius 1 is 0.872 bits per heavy atom. The summed E-state index contributed by atoms with van der Waals surface area (Å²) in [6, 6.07) is 23.5. The molecular weight excluding hydrogens is 530 g/mol. The number of carbonyl (C=O) groups is 3. The normalized spacial score (nSPS) is 11.9. The summed E-state index contributed by atoms with van der Waals surface area (Å²) in [5.74, 6) is -1.01. The molecule has 0 aliphatic heterocycles. The highest BCUT2D eigenvalue weighted by Gasteiger charge is 2.18. The van der Waals surface area contributed by atoms with Crippen molar-refractivity contribution in [1.29, 1.82) is 0 Å². The number of hydrogen-bond acceptors (Lipinski definition) is 7. The molecule has 1 unspecified atom stereocenters. The number of aryl methyl sites for hydroxylation is 2. The zero-order valence-electron chi connectivity index (χ0n) is 21.6. The maximum absolute atomic E-state index is 13.3. The van der Waals surface area contributed by atoms with Crippen LogP contribution in [0, 0.1) is 13.8 Å². The molecule has 0 fully saturated rings. The first kappa shape index (κ1) is 27.7. The van der Waals surface area contributed by atoms with Gasteiger partial charge in [-0.1, -0.05) is 53.8 Å². The summed E-state index contributed by atoms with van der Waals surface area (Å²) in [6.45, 7) is 5.57. The third-order valence-corrected chi connectivity index (χ3v) is 7.43. The molecule has 3 N–H and O–H groups in total. The van der Waals surface area contributed by atoms with E-state index in [-0.39, 0.29) is 22.8 Å². The van der Waals surface area contributed by atoms with Crippen LogP contribution in [0.2, 0.25) is 0 Å². The first-order chi connectivity index (χ1) is 18.8. The van der Waals surface area contributed by atoms with E-state index in [2.05, 4.69) is 26.1 Å². The Labute approximate surface area is 235 Å². The Morgan fingerprint density at radius 3 is 2.23 bits per heavy atom. The molecule has 8 nitrogen and oxygen atoms in total. The molecule has 0 bridgehead atoms. The summed E-state index contributed by atoms with van der Waals surface area (Å²) in [5, 5.41) is 17.1. The zero-order valence-corrected chi connectivity index (χ0v) is 23.2. The van der Waals surface area contributed by atoms with Gasteiger partial charge in [-0.3, -0.25) is 19.7 Å². The summed E-state index contributed by atoms with van der Waals surface area (Å²) in [6.07, 6.45) is 1.66. The van der Waals surface area contributed by atoms with E-state index in [4.69, 9.17) is 0 Å². The first-order valence-corrected chi connectivity index (χ1v) is 13.8. The number of nitrogens with one attached hydrogen (secondary N) is 3. The van der Waals surface area contributed by atoms with E-state index in [1.165, 1.54) is 23.1 Å². The molecule has 10 heteroatoms. The number of hydrogen-bond donors (Lipinski definition) is 3. The van der Waals surface area contributed by atoms with Crippen LogP contribution in [-0.2, 0) is 9.59 Å². The number of carbonyl (C=O) groups excluding carboxylic acids is 3. The molecule has 0 radical (unpaired) electrons. The minimum absolute atomic E-state index is 0.119. The molecule has 1 atom stereocenters. The third kappa shape index (κ3) is 7.86. The average Bonchev–Trinajstić information content (AvgIpc) is 3.35. The van der Waals surface area contributed by atoms with Gasteiger partial charge in [-0.2, -0.15) is 0 Å². The Balaban J connectivity index is 1.44. The minimum Gasteiger partial charge on any atom is -0.321 e. The van der Waals surface area contributed by atoms with Crippen molar-refractivity contribution in [3.63, 3.8) is 0 Å². The fourth-order valence-corrected chi connectivity index (χ4v) is 4.94. The topological polar surface area (TPSA) is 113 Å². The lowest BCUT2D eigenvalue weighted by Crippen LogP contribution is -2.30. The van der Waals surface area contributed by atoms with E-state index >= 15 is 0 Å². The van der Waals surface area contributed by atoms with Crippen LogP contribution in [-0.4, -0.2) is 33.2 Å². The van der Waals surface area contributed by atoms with E-state index < -0.39 is 5.91 Å². The van der Waals surface area contributed by atoms with Gasteiger partial charge in [0.25, 0.3) is 11.8 Å². The van der Waals surface area contributed by atoms with Crippen molar-refractivity contribution >= 4 is 57.7 Å². The lowest BCUT2D eigenvalue weighted by atomic mass is 10.1. The number of benzene rings is 3. The second-order valence-corrected chi connectivity index (χ2v) is 11.2. The monoisotopic (exact) mass is 557 g/mol. The van der Waals surface area contributed by atoms with Gasteiger partial charge in [-0.25, -0.2) is 0 Å². The van der Waals surface area contributed by atoms with E-state index in [9.17, 15) is 14.4 Å². The molecule has 0 aliphatic carbocycles. The fraction of sp³-hybridized carbons (Fsp3) is 0.138.